The van der Waals surface area contributed by atoms with Crippen molar-refractivity contribution >= 4 is 52.4 Å². The van der Waals surface area contributed by atoms with Crippen LogP contribution < -0.4 is 10.2 Å². The van der Waals surface area contributed by atoms with Crippen molar-refractivity contribution in [2.24, 2.45) is 4.99 Å². The molecule has 2 unspecified atom stereocenters. The van der Waals surface area contributed by atoms with E-state index in [9.17, 15) is 23.9 Å². The van der Waals surface area contributed by atoms with Gasteiger partial charge in [-0.25, -0.2) is 23.8 Å². The van der Waals surface area contributed by atoms with Crippen LogP contribution in [0.15, 0.2) is 70.3 Å². The number of carboxylic acid groups (broad SMARTS) is 1. The molecule has 3 aliphatic rings. The number of aromatic nitrogens is 1. The molecule has 2 atom stereocenters. The summed E-state index contributed by atoms with van der Waals surface area (Å²) in [6, 6.07) is 9.07. The summed E-state index contributed by atoms with van der Waals surface area (Å²) in [6.07, 6.45) is 1.65. The Morgan fingerprint density at radius 1 is 1.19 bits per heavy atom. The van der Waals surface area contributed by atoms with Crippen LogP contribution in [0.5, 0.6) is 0 Å². The SMILES string of the molecule is COC(=O)C1=C(CN2CCN3C(=O)N(c4ccc(C(=O)O)cc4)CC3C2)NC(c2nccs2)=NC1c1ccc(F)cc1Cl. The molecule has 1 aromatic heterocycles. The number of nitrogens with zero attached hydrogens (tertiary/aromatic N) is 5. The van der Waals surface area contributed by atoms with Gasteiger partial charge in [-0.15, -0.1) is 11.3 Å². The number of thiazole rings is 1. The largest absolute Gasteiger partial charge is 0.478 e. The van der Waals surface area contributed by atoms with Crippen LogP contribution in [0.1, 0.15) is 27.0 Å². The summed E-state index contributed by atoms with van der Waals surface area (Å²) in [5.74, 6) is -1.68. The minimum absolute atomic E-state index is 0.124. The molecule has 2 N–H and O–H groups in total. The molecule has 4 heterocycles. The first-order valence-corrected chi connectivity index (χ1v) is 14.6. The molecule has 0 aliphatic carbocycles. The Kier molecular flexibility index (Phi) is 7.86. The van der Waals surface area contributed by atoms with Gasteiger partial charge in [0.1, 0.15) is 11.9 Å². The molecule has 2 fully saturated rings. The summed E-state index contributed by atoms with van der Waals surface area (Å²) in [5, 5.41) is 15.1. The van der Waals surface area contributed by atoms with Crippen LogP contribution in [0.3, 0.4) is 0 Å². The number of amidine groups is 1. The van der Waals surface area contributed by atoms with Crippen LogP contribution in [-0.2, 0) is 9.53 Å². The summed E-state index contributed by atoms with van der Waals surface area (Å²) < 4.78 is 19.1. The van der Waals surface area contributed by atoms with E-state index in [1.165, 1.54) is 48.8 Å². The number of aliphatic imine (C=N–C) groups is 1. The summed E-state index contributed by atoms with van der Waals surface area (Å²) in [7, 11) is 1.29. The Bertz CT molecular complexity index is 1650. The number of urea groups is 1. The Hall–Kier alpha value is -4.33. The number of nitrogens with one attached hydrogen (secondary N) is 1. The number of methoxy groups -OCH3 is 1. The lowest BCUT2D eigenvalue weighted by molar-refractivity contribution is -0.136. The highest BCUT2D eigenvalue weighted by Gasteiger charge is 2.42. The predicted octanol–water partition coefficient (Wildman–Crippen LogP) is 3.78. The van der Waals surface area contributed by atoms with Crippen molar-refractivity contribution < 1.29 is 28.6 Å². The molecule has 0 spiro atoms. The molecule has 222 valence electrons. The maximum absolute atomic E-state index is 13.9. The van der Waals surface area contributed by atoms with E-state index in [1.54, 1.807) is 23.2 Å². The highest BCUT2D eigenvalue weighted by Crippen LogP contribution is 2.37. The van der Waals surface area contributed by atoms with E-state index < -0.39 is 23.8 Å². The van der Waals surface area contributed by atoms with Crippen LogP contribution in [0, 0.1) is 5.82 Å². The third-order valence-corrected chi connectivity index (χ3v) is 8.77. The van der Waals surface area contributed by atoms with Gasteiger partial charge in [-0.3, -0.25) is 14.8 Å². The number of fused-ring (bicyclic) bond motifs is 1. The molecule has 2 saturated heterocycles. The van der Waals surface area contributed by atoms with Crippen molar-refractivity contribution in [1.29, 1.82) is 0 Å². The number of esters is 1. The van der Waals surface area contributed by atoms with Gasteiger partial charge < -0.3 is 20.1 Å². The minimum atomic E-state index is -1.03. The number of anilines is 1. The molecule has 0 saturated carbocycles. The fraction of sp³-hybridized carbons (Fsp3) is 0.276. The van der Waals surface area contributed by atoms with Gasteiger partial charge >= 0.3 is 18.0 Å². The number of halogens is 2. The number of amides is 2. The predicted molar refractivity (Wildman–Crippen MR) is 158 cm³/mol. The Morgan fingerprint density at radius 2 is 1.98 bits per heavy atom. The molecule has 2 aromatic carbocycles. The summed E-state index contributed by atoms with van der Waals surface area (Å²) >= 11 is 7.83. The summed E-state index contributed by atoms with van der Waals surface area (Å²) in [4.78, 5) is 52.5. The average molecular weight is 625 g/mol. The van der Waals surface area contributed by atoms with Crippen LogP contribution in [0.2, 0.25) is 5.02 Å². The van der Waals surface area contributed by atoms with Gasteiger partial charge in [-0.2, -0.15) is 0 Å². The lowest BCUT2D eigenvalue weighted by atomic mass is 9.95. The molecule has 43 heavy (non-hydrogen) atoms. The first-order valence-electron chi connectivity index (χ1n) is 13.4. The molecule has 0 radical (unpaired) electrons. The van der Waals surface area contributed by atoms with Crippen LogP contribution in [0.4, 0.5) is 14.9 Å². The number of benzene rings is 2. The number of hydrogen-bond acceptors (Lipinski definition) is 9. The molecule has 14 heteroatoms. The lowest BCUT2D eigenvalue weighted by Crippen LogP contribution is -2.53. The van der Waals surface area contributed by atoms with Crippen molar-refractivity contribution in [1.82, 2.24) is 20.1 Å². The van der Waals surface area contributed by atoms with Crippen LogP contribution >= 0.6 is 22.9 Å². The number of carbonyl (C=O) groups excluding carboxylic acids is 2. The lowest BCUT2D eigenvalue weighted by Gasteiger charge is -2.38. The van der Waals surface area contributed by atoms with Crippen molar-refractivity contribution in [3.05, 3.63) is 92.3 Å². The van der Waals surface area contributed by atoms with Crippen LogP contribution in [0.25, 0.3) is 0 Å². The second kappa shape index (κ2) is 11.7. The molecule has 0 bridgehead atoms. The maximum Gasteiger partial charge on any atom is 0.338 e. The fourth-order valence-corrected chi connectivity index (χ4v) is 6.47. The van der Waals surface area contributed by atoms with E-state index in [0.717, 1.165) is 0 Å². The quantitative estimate of drug-likeness (QED) is 0.380. The zero-order valence-corrected chi connectivity index (χ0v) is 24.4. The van der Waals surface area contributed by atoms with Gasteiger partial charge in [-0.05, 0) is 36.4 Å². The van der Waals surface area contributed by atoms with Crippen molar-refractivity contribution in [2.75, 3.05) is 44.7 Å². The van der Waals surface area contributed by atoms with Gasteiger partial charge in [-0.1, -0.05) is 17.7 Å². The normalized spacial score (nSPS) is 20.5. The first-order chi connectivity index (χ1) is 20.7. The van der Waals surface area contributed by atoms with E-state index >= 15 is 0 Å². The van der Waals surface area contributed by atoms with Gasteiger partial charge in [0.15, 0.2) is 10.8 Å². The highest BCUT2D eigenvalue weighted by atomic mass is 35.5. The second-order valence-electron chi connectivity index (χ2n) is 10.2. The molecule has 11 nitrogen and oxygen atoms in total. The van der Waals surface area contributed by atoms with Crippen LogP contribution in [-0.4, -0.2) is 89.6 Å². The van der Waals surface area contributed by atoms with E-state index in [0.29, 0.717) is 60.5 Å². The second-order valence-corrected chi connectivity index (χ2v) is 11.5. The van der Waals surface area contributed by atoms with Crippen molar-refractivity contribution in [3.63, 3.8) is 0 Å². The molecule has 6 rings (SSSR count). The van der Waals surface area contributed by atoms with Gasteiger partial charge in [0.2, 0.25) is 0 Å². The maximum atomic E-state index is 13.9. The Labute approximate surface area is 254 Å². The number of aromatic carboxylic acids is 1. The van der Waals surface area contributed by atoms with E-state index in [4.69, 9.17) is 21.3 Å². The van der Waals surface area contributed by atoms with Crippen molar-refractivity contribution in [3.8, 4) is 0 Å². The van der Waals surface area contributed by atoms with E-state index in [1.807, 2.05) is 10.3 Å². The third-order valence-electron chi connectivity index (χ3n) is 7.67. The number of hydrogen-bond donors (Lipinski definition) is 2. The Balaban J connectivity index is 1.28. The average Bonchev–Trinajstić information content (AvgIpc) is 3.65. The first kappa shape index (κ1) is 28.8. The third kappa shape index (κ3) is 5.58. The van der Waals surface area contributed by atoms with Gasteiger partial charge in [0.25, 0.3) is 0 Å². The standard InChI is InChI=1S/C29H26ClFN6O5S/c1-42-28(40)23-22(33-25(26-32-8-11-43-26)34-24(23)20-7-4-17(31)12-21(20)30)15-35-9-10-36-19(13-35)14-37(29(36)41)18-5-2-16(3-6-18)27(38)39/h2-8,11-12,19,24H,9-10,13-15H2,1H3,(H,33,34)(H,38,39). The molecular formula is C29H26ClFN6O5S. The van der Waals surface area contributed by atoms with E-state index in [2.05, 4.69) is 15.2 Å². The smallest absolute Gasteiger partial charge is 0.338 e. The molecule has 2 amide bonds. The number of ether oxygens (including phenoxy) is 1. The monoisotopic (exact) mass is 624 g/mol. The molecular weight excluding hydrogens is 599 g/mol. The highest BCUT2D eigenvalue weighted by molar-refractivity contribution is 7.11. The molecule has 3 aliphatic heterocycles. The fourth-order valence-electron chi connectivity index (χ4n) is 5.61. The number of carbonyl (C=O) groups is 3. The van der Waals surface area contributed by atoms with Crippen molar-refractivity contribution in [2.45, 2.75) is 12.1 Å². The zero-order valence-electron chi connectivity index (χ0n) is 22.9. The van der Waals surface area contributed by atoms with Gasteiger partial charge in [0.05, 0.1) is 24.3 Å². The van der Waals surface area contributed by atoms with Gasteiger partial charge in [0, 0.05) is 66.3 Å². The topological polar surface area (TPSA) is 128 Å². The summed E-state index contributed by atoms with van der Waals surface area (Å²) in [6.45, 7) is 2.28. The number of rotatable bonds is 7. The minimum Gasteiger partial charge on any atom is -0.478 e. The molecule has 3 aromatic rings. The van der Waals surface area contributed by atoms with E-state index in [-0.39, 0.29) is 28.2 Å². The number of piperazine rings is 1. The number of carboxylic acids is 1. The Morgan fingerprint density at radius 3 is 2.65 bits per heavy atom. The summed E-state index contributed by atoms with van der Waals surface area (Å²) in [5.41, 5.74) is 2.03. The zero-order chi connectivity index (χ0) is 30.2.